The molecule has 1 aromatic heterocycles. The Labute approximate surface area is 99.4 Å². The molecule has 0 aliphatic carbocycles. The van der Waals surface area contributed by atoms with E-state index in [0.29, 0.717) is 0 Å². The Bertz CT molecular complexity index is 460. The molecule has 2 aromatic rings. The second kappa shape index (κ2) is 3.91. The van der Waals surface area contributed by atoms with E-state index in [1.807, 2.05) is 37.3 Å². The minimum Gasteiger partial charge on any atom is -0.461 e. The number of benzene rings is 1. The highest BCUT2D eigenvalue weighted by molar-refractivity contribution is 9.11. The number of furan rings is 1. The summed E-state index contributed by atoms with van der Waals surface area (Å²) in [5, 5.41) is 0. The summed E-state index contributed by atoms with van der Waals surface area (Å²) >= 11 is 6.93. The Kier molecular flexibility index (Phi) is 2.79. The van der Waals surface area contributed by atoms with Crippen LogP contribution in [-0.4, -0.2) is 0 Å². The summed E-state index contributed by atoms with van der Waals surface area (Å²) in [6.07, 6.45) is 0. The number of rotatable bonds is 1. The molecule has 14 heavy (non-hydrogen) atoms. The van der Waals surface area contributed by atoms with Gasteiger partial charge in [0.15, 0.2) is 0 Å². The van der Waals surface area contributed by atoms with Gasteiger partial charge < -0.3 is 4.42 Å². The van der Waals surface area contributed by atoms with Crippen LogP contribution in [0.2, 0.25) is 0 Å². The lowest BCUT2D eigenvalue weighted by molar-refractivity contribution is 0.548. The maximum Gasteiger partial charge on any atom is 0.135 e. The highest BCUT2D eigenvalue weighted by Gasteiger charge is 2.07. The summed E-state index contributed by atoms with van der Waals surface area (Å²) < 4.78 is 7.64. The summed E-state index contributed by atoms with van der Waals surface area (Å²) in [4.78, 5) is 0. The van der Waals surface area contributed by atoms with Gasteiger partial charge in [-0.25, -0.2) is 0 Å². The molecule has 0 fully saturated rings. The number of hydrogen-bond donors (Lipinski definition) is 0. The Morgan fingerprint density at radius 2 is 1.86 bits per heavy atom. The van der Waals surface area contributed by atoms with E-state index in [2.05, 4.69) is 31.9 Å². The number of hydrogen-bond acceptors (Lipinski definition) is 1. The summed E-state index contributed by atoms with van der Waals surface area (Å²) in [5.74, 6) is 1.81. The third-order valence-corrected chi connectivity index (χ3v) is 3.12. The van der Waals surface area contributed by atoms with Crippen LogP contribution in [0, 0.1) is 6.92 Å². The maximum absolute atomic E-state index is 5.55. The van der Waals surface area contributed by atoms with Crippen LogP contribution in [0.4, 0.5) is 0 Å². The Balaban J connectivity index is 2.55. The molecular formula is C11H8Br2O. The van der Waals surface area contributed by atoms with Gasteiger partial charge in [-0.3, -0.25) is 0 Å². The number of aryl methyl sites for hydroxylation is 1. The zero-order valence-electron chi connectivity index (χ0n) is 7.55. The maximum atomic E-state index is 5.55. The van der Waals surface area contributed by atoms with E-state index in [0.717, 1.165) is 26.0 Å². The molecule has 0 spiro atoms. The Morgan fingerprint density at radius 3 is 2.50 bits per heavy atom. The van der Waals surface area contributed by atoms with E-state index in [1.54, 1.807) is 0 Å². The molecule has 0 radical (unpaired) electrons. The SMILES string of the molecule is Cc1ccc(-c2cc(Br)ccc2Br)o1. The molecule has 72 valence electrons. The molecule has 0 aliphatic rings. The molecule has 1 aromatic carbocycles. The summed E-state index contributed by atoms with van der Waals surface area (Å²) in [6, 6.07) is 9.95. The Morgan fingerprint density at radius 1 is 1.07 bits per heavy atom. The minimum atomic E-state index is 0.885. The molecule has 0 saturated carbocycles. The average Bonchev–Trinajstić information content (AvgIpc) is 2.56. The lowest BCUT2D eigenvalue weighted by atomic mass is 10.2. The highest BCUT2D eigenvalue weighted by Crippen LogP contribution is 2.31. The highest BCUT2D eigenvalue weighted by atomic mass is 79.9. The van der Waals surface area contributed by atoms with Gasteiger partial charge in [-0.05, 0) is 37.3 Å². The van der Waals surface area contributed by atoms with E-state index in [-0.39, 0.29) is 0 Å². The minimum absolute atomic E-state index is 0.885. The monoisotopic (exact) mass is 314 g/mol. The van der Waals surface area contributed by atoms with Gasteiger partial charge in [0.25, 0.3) is 0 Å². The molecule has 1 heterocycles. The summed E-state index contributed by atoms with van der Waals surface area (Å²) in [6.45, 7) is 1.94. The van der Waals surface area contributed by atoms with E-state index < -0.39 is 0 Å². The molecule has 0 bridgehead atoms. The zero-order valence-corrected chi connectivity index (χ0v) is 10.7. The smallest absolute Gasteiger partial charge is 0.135 e. The van der Waals surface area contributed by atoms with Crippen LogP contribution in [0.5, 0.6) is 0 Å². The zero-order chi connectivity index (χ0) is 10.1. The summed E-state index contributed by atoms with van der Waals surface area (Å²) in [7, 11) is 0. The van der Waals surface area contributed by atoms with E-state index >= 15 is 0 Å². The fourth-order valence-corrected chi connectivity index (χ4v) is 2.07. The van der Waals surface area contributed by atoms with Crippen LogP contribution in [-0.2, 0) is 0 Å². The van der Waals surface area contributed by atoms with Crippen LogP contribution in [0.15, 0.2) is 43.7 Å². The van der Waals surface area contributed by atoms with Gasteiger partial charge in [-0.1, -0.05) is 31.9 Å². The standard InChI is InChI=1S/C11H8Br2O/c1-7-2-5-11(14-7)9-6-8(12)3-4-10(9)13/h2-6H,1H3. The van der Waals surface area contributed by atoms with Crippen molar-refractivity contribution in [2.24, 2.45) is 0 Å². The van der Waals surface area contributed by atoms with Crippen molar-refractivity contribution in [3.05, 3.63) is 45.0 Å². The van der Waals surface area contributed by atoms with Crippen LogP contribution >= 0.6 is 31.9 Å². The number of halogens is 2. The molecule has 0 aliphatic heterocycles. The van der Waals surface area contributed by atoms with Gasteiger partial charge in [0.1, 0.15) is 11.5 Å². The topological polar surface area (TPSA) is 13.1 Å². The van der Waals surface area contributed by atoms with E-state index in [1.165, 1.54) is 0 Å². The first kappa shape index (κ1) is 9.99. The van der Waals surface area contributed by atoms with Crippen molar-refractivity contribution in [3.8, 4) is 11.3 Å². The molecular weight excluding hydrogens is 308 g/mol. The van der Waals surface area contributed by atoms with Crippen LogP contribution in [0.3, 0.4) is 0 Å². The van der Waals surface area contributed by atoms with Crippen molar-refractivity contribution in [3.63, 3.8) is 0 Å². The first-order valence-electron chi connectivity index (χ1n) is 4.18. The molecule has 0 atom stereocenters. The quantitative estimate of drug-likeness (QED) is 0.738. The fraction of sp³-hybridized carbons (Fsp3) is 0.0909. The van der Waals surface area contributed by atoms with Crippen LogP contribution < -0.4 is 0 Å². The van der Waals surface area contributed by atoms with Gasteiger partial charge in [0.05, 0.1) is 0 Å². The first-order chi connectivity index (χ1) is 6.66. The van der Waals surface area contributed by atoms with Crippen molar-refractivity contribution in [1.82, 2.24) is 0 Å². The predicted octanol–water partition coefficient (Wildman–Crippen LogP) is 4.78. The fourth-order valence-electron chi connectivity index (χ4n) is 1.27. The van der Waals surface area contributed by atoms with Crippen LogP contribution in [0.1, 0.15) is 5.76 Å². The summed E-state index contributed by atoms with van der Waals surface area (Å²) in [5.41, 5.74) is 1.06. The van der Waals surface area contributed by atoms with Crippen molar-refractivity contribution in [1.29, 1.82) is 0 Å². The molecule has 0 unspecified atom stereocenters. The third-order valence-electron chi connectivity index (χ3n) is 1.93. The van der Waals surface area contributed by atoms with Crippen molar-refractivity contribution >= 4 is 31.9 Å². The average molecular weight is 316 g/mol. The van der Waals surface area contributed by atoms with Gasteiger partial charge in [-0.2, -0.15) is 0 Å². The molecule has 3 heteroatoms. The second-order valence-corrected chi connectivity index (χ2v) is 4.80. The normalized spacial score (nSPS) is 10.5. The molecule has 0 N–H and O–H groups in total. The van der Waals surface area contributed by atoms with Gasteiger partial charge in [-0.15, -0.1) is 0 Å². The van der Waals surface area contributed by atoms with Crippen molar-refractivity contribution in [2.45, 2.75) is 6.92 Å². The van der Waals surface area contributed by atoms with E-state index in [4.69, 9.17) is 4.42 Å². The van der Waals surface area contributed by atoms with Gasteiger partial charge >= 0.3 is 0 Å². The van der Waals surface area contributed by atoms with Gasteiger partial charge in [0, 0.05) is 14.5 Å². The third kappa shape index (κ3) is 1.93. The molecule has 1 nitrogen and oxygen atoms in total. The first-order valence-corrected chi connectivity index (χ1v) is 5.77. The van der Waals surface area contributed by atoms with Gasteiger partial charge in [0.2, 0.25) is 0 Å². The molecule has 0 amide bonds. The van der Waals surface area contributed by atoms with Crippen molar-refractivity contribution < 1.29 is 4.42 Å². The second-order valence-electron chi connectivity index (χ2n) is 3.03. The largest absolute Gasteiger partial charge is 0.461 e. The lowest BCUT2D eigenvalue weighted by Gasteiger charge is -2.01. The molecule has 0 saturated heterocycles. The lowest BCUT2D eigenvalue weighted by Crippen LogP contribution is -1.76. The predicted molar refractivity (Wildman–Crippen MR) is 64.3 cm³/mol. The van der Waals surface area contributed by atoms with Crippen molar-refractivity contribution in [2.75, 3.05) is 0 Å². The van der Waals surface area contributed by atoms with Crippen LogP contribution in [0.25, 0.3) is 11.3 Å². The Hall–Kier alpha value is -0.540. The molecule has 2 rings (SSSR count). The van der Waals surface area contributed by atoms with E-state index in [9.17, 15) is 0 Å².